The SMILES string of the molecule is C=CCOc1ccccc1C(=O)[O-].C=CCOc1ccccc1C(=O)[O-].[Zn+2]. The Bertz CT molecular complexity index is 707. The molecule has 0 bridgehead atoms. The molecule has 2 rings (SSSR count). The maximum Gasteiger partial charge on any atom is 2.00 e. The van der Waals surface area contributed by atoms with Crippen molar-refractivity contribution in [3.63, 3.8) is 0 Å². The number of hydrogen-bond donors (Lipinski definition) is 0. The monoisotopic (exact) mass is 418 g/mol. The van der Waals surface area contributed by atoms with Gasteiger partial charge in [0, 0.05) is 11.1 Å². The van der Waals surface area contributed by atoms with Crippen molar-refractivity contribution in [2.45, 2.75) is 0 Å². The number of carbonyl (C=O) groups excluding carboxylic acids is 2. The zero-order valence-corrected chi connectivity index (χ0v) is 17.7. The molecular formula is C20H18O6Zn. The fraction of sp³-hybridized carbons (Fsp3) is 0.100. The smallest absolute Gasteiger partial charge is 0.545 e. The molecule has 0 aliphatic carbocycles. The summed E-state index contributed by atoms with van der Waals surface area (Å²) in [5.74, 6) is -1.86. The average Bonchev–Trinajstić information content (AvgIpc) is 2.65. The van der Waals surface area contributed by atoms with Crippen molar-refractivity contribution >= 4 is 11.9 Å². The third kappa shape index (κ3) is 8.34. The molecule has 0 saturated heterocycles. The van der Waals surface area contributed by atoms with Crippen molar-refractivity contribution < 1.29 is 48.8 Å². The van der Waals surface area contributed by atoms with Gasteiger partial charge in [-0.05, 0) is 24.3 Å². The van der Waals surface area contributed by atoms with Gasteiger partial charge in [0.15, 0.2) is 0 Å². The second kappa shape index (κ2) is 13.3. The fourth-order valence-corrected chi connectivity index (χ4v) is 1.82. The third-order valence-corrected chi connectivity index (χ3v) is 2.93. The molecular weight excluding hydrogens is 402 g/mol. The first-order chi connectivity index (χ1) is 12.5. The van der Waals surface area contributed by atoms with E-state index in [1.807, 2.05) is 0 Å². The Morgan fingerprint density at radius 3 is 1.41 bits per heavy atom. The molecule has 0 fully saturated rings. The maximum absolute atomic E-state index is 10.6. The number of rotatable bonds is 8. The molecule has 0 unspecified atom stereocenters. The Hall–Kier alpha value is -2.92. The summed E-state index contributed by atoms with van der Waals surface area (Å²) >= 11 is 0. The first-order valence-electron chi connectivity index (χ1n) is 7.59. The predicted octanol–water partition coefficient (Wildman–Crippen LogP) is 1.23. The van der Waals surface area contributed by atoms with E-state index in [0.29, 0.717) is 11.5 Å². The quantitative estimate of drug-likeness (QED) is 0.471. The van der Waals surface area contributed by atoms with Gasteiger partial charge in [-0.25, -0.2) is 0 Å². The van der Waals surface area contributed by atoms with Crippen LogP contribution in [-0.4, -0.2) is 25.2 Å². The Labute approximate surface area is 170 Å². The largest absolute Gasteiger partial charge is 2.00 e. The molecule has 7 heteroatoms. The summed E-state index contributed by atoms with van der Waals surface area (Å²) in [5.41, 5.74) is 0.119. The van der Waals surface area contributed by atoms with Crippen LogP contribution in [0.5, 0.6) is 11.5 Å². The molecule has 0 amide bonds. The fourth-order valence-electron chi connectivity index (χ4n) is 1.82. The molecule has 2 aromatic carbocycles. The average molecular weight is 420 g/mol. The molecule has 0 aliphatic heterocycles. The van der Waals surface area contributed by atoms with Gasteiger partial charge in [0.1, 0.15) is 24.7 Å². The van der Waals surface area contributed by atoms with Crippen molar-refractivity contribution in [3.05, 3.63) is 85.0 Å². The second-order valence-corrected chi connectivity index (χ2v) is 4.77. The minimum Gasteiger partial charge on any atom is -0.545 e. The zero-order chi connectivity index (χ0) is 19.4. The van der Waals surface area contributed by atoms with Crippen LogP contribution >= 0.6 is 0 Å². The molecule has 0 aromatic heterocycles. The van der Waals surface area contributed by atoms with Crippen molar-refractivity contribution in [2.75, 3.05) is 13.2 Å². The van der Waals surface area contributed by atoms with E-state index in [-0.39, 0.29) is 43.8 Å². The van der Waals surface area contributed by atoms with Crippen LogP contribution in [0.4, 0.5) is 0 Å². The van der Waals surface area contributed by atoms with Gasteiger partial charge in [0.05, 0.1) is 11.9 Å². The first kappa shape index (κ1) is 24.1. The Kier molecular flexibility index (Phi) is 11.9. The van der Waals surface area contributed by atoms with Crippen molar-refractivity contribution in [3.8, 4) is 11.5 Å². The molecule has 136 valence electrons. The summed E-state index contributed by atoms with van der Waals surface area (Å²) in [7, 11) is 0. The first-order valence-corrected chi connectivity index (χ1v) is 7.59. The number of aromatic carboxylic acids is 2. The van der Waals surface area contributed by atoms with Crippen LogP contribution in [-0.2, 0) is 19.5 Å². The summed E-state index contributed by atoms with van der Waals surface area (Å²) in [4.78, 5) is 21.1. The van der Waals surface area contributed by atoms with E-state index >= 15 is 0 Å². The molecule has 27 heavy (non-hydrogen) atoms. The zero-order valence-electron chi connectivity index (χ0n) is 14.8. The molecule has 2 aromatic rings. The normalized spacial score (nSPS) is 8.89. The van der Waals surface area contributed by atoms with Crippen molar-refractivity contribution in [1.29, 1.82) is 0 Å². The van der Waals surface area contributed by atoms with Gasteiger partial charge in [-0.3, -0.25) is 0 Å². The molecule has 0 spiro atoms. The van der Waals surface area contributed by atoms with Gasteiger partial charge in [-0.2, -0.15) is 0 Å². The van der Waals surface area contributed by atoms with Crippen LogP contribution in [0.1, 0.15) is 20.7 Å². The summed E-state index contributed by atoms with van der Waals surface area (Å²) in [5, 5.41) is 21.1. The predicted molar refractivity (Wildman–Crippen MR) is 92.9 cm³/mol. The molecule has 6 nitrogen and oxygen atoms in total. The minimum absolute atomic E-state index is 0. The molecule has 0 atom stereocenters. The third-order valence-electron chi connectivity index (χ3n) is 2.93. The second-order valence-electron chi connectivity index (χ2n) is 4.77. The van der Waals surface area contributed by atoms with Gasteiger partial charge in [0.2, 0.25) is 0 Å². The molecule has 0 N–H and O–H groups in total. The summed E-state index contributed by atoms with van der Waals surface area (Å²) in [6.07, 6.45) is 3.10. The van der Waals surface area contributed by atoms with E-state index in [1.165, 1.54) is 12.1 Å². The number of carboxylic acids is 2. The summed E-state index contributed by atoms with van der Waals surface area (Å²) in [6.45, 7) is 7.49. The van der Waals surface area contributed by atoms with Gasteiger partial charge >= 0.3 is 19.5 Å². The number of hydrogen-bond acceptors (Lipinski definition) is 6. The molecule has 0 saturated carbocycles. The molecule has 0 heterocycles. The van der Waals surface area contributed by atoms with E-state index in [2.05, 4.69) is 13.2 Å². The number of carboxylic acid groups (broad SMARTS) is 2. The maximum atomic E-state index is 10.6. The molecule has 0 radical (unpaired) electrons. The van der Waals surface area contributed by atoms with Crippen LogP contribution in [0.15, 0.2) is 73.8 Å². The standard InChI is InChI=1S/2C10H10O3.Zn/c2*1-2-7-13-9-6-4-3-5-8(9)10(11)12;/h2*2-6H,1,7H2,(H,11,12);/q;;+2/p-2. The molecule has 0 aliphatic rings. The van der Waals surface area contributed by atoms with Gasteiger partial charge in [-0.1, -0.05) is 49.6 Å². The van der Waals surface area contributed by atoms with E-state index in [1.54, 1.807) is 48.6 Å². The van der Waals surface area contributed by atoms with Crippen molar-refractivity contribution in [1.82, 2.24) is 0 Å². The van der Waals surface area contributed by atoms with Crippen LogP contribution in [0.3, 0.4) is 0 Å². The summed E-state index contributed by atoms with van der Waals surface area (Å²) < 4.78 is 10.2. The summed E-state index contributed by atoms with van der Waals surface area (Å²) in [6, 6.07) is 12.7. The number of benzene rings is 2. The van der Waals surface area contributed by atoms with E-state index in [0.717, 1.165) is 0 Å². The van der Waals surface area contributed by atoms with Crippen LogP contribution in [0.25, 0.3) is 0 Å². The van der Waals surface area contributed by atoms with E-state index < -0.39 is 11.9 Å². The Morgan fingerprint density at radius 2 is 1.11 bits per heavy atom. The Morgan fingerprint density at radius 1 is 0.778 bits per heavy atom. The van der Waals surface area contributed by atoms with Gasteiger partial charge in [0.25, 0.3) is 0 Å². The van der Waals surface area contributed by atoms with E-state index in [9.17, 15) is 19.8 Å². The number of ether oxygens (including phenoxy) is 2. The topological polar surface area (TPSA) is 98.7 Å². The number of carbonyl (C=O) groups is 2. The minimum atomic E-state index is -1.24. The van der Waals surface area contributed by atoms with Gasteiger partial charge < -0.3 is 29.3 Å². The number of para-hydroxylation sites is 2. The van der Waals surface area contributed by atoms with Crippen LogP contribution in [0.2, 0.25) is 0 Å². The Balaban J connectivity index is 0.000000483. The van der Waals surface area contributed by atoms with E-state index in [4.69, 9.17) is 9.47 Å². The van der Waals surface area contributed by atoms with Gasteiger partial charge in [-0.15, -0.1) is 0 Å². The van der Waals surface area contributed by atoms with Crippen LogP contribution in [0, 0.1) is 0 Å². The van der Waals surface area contributed by atoms with Crippen molar-refractivity contribution in [2.24, 2.45) is 0 Å². The van der Waals surface area contributed by atoms with Crippen LogP contribution < -0.4 is 19.7 Å².